The number of nitrogens with two attached hydrogens (primary N) is 1. The first-order chi connectivity index (χ1) is 6.06. The first-order valence-electron chi connectivity index (χ1n) is 3.33. The van der Waals surface area contributed by atoms with Crippen molar-refractivity contribution in [1.29, 1.82) is 0 Å². The number of halogens is 1. The van der Waals surface area contributed by atoms with Gasteiger partial charge in [0.15, 0.2) is 5.75 Å². The lowest BCUT2D eigenvalue weighted by Crippen LogP contribution is -1.98. The molecule has 0 bridgehead atoms. The van der Waals surface area contributed by atoms with Crippen molar-refractivity contribution < 1.29 is 14.1 Å². The highest BCUT2D eigenvalue weighted by atomic mass is 19.1. The van der Waals surface area contributed by atoms with Crippen LogP contribution in [0.5, 0.6) is 5.75 Å². The summed E-state index contributed by atoms with van der Waals surface area (Å²) in [7, 11) is 1.22. The largest absolute Gasteiger partial charge is 0.490 e. The number of rotatable bonds is 2. The molecule has 0 saturated carbocycles. The Balaban J connectivity index is 3.33. The summed E-state index contributed by atoms with van der Waals surface area (Å²) in [6.07, 6.45) is 0. The second-order valence-corrected chi connectivity index (χ2v) is 2.30. The number of hydrogen-bond acceptors (Lipinski definition) is 4. The zero-order valence-electron chi connectivity index (χ0n) is 6.78. The molecule has 2 N–H and O–H groups in total. The third-order valence-electron chi connectivity index (χ3n) is 1.49. The molecule has 0 radical (unpaired) electrons. The highest BCUT2D eigenvalue weighted by Gasteiger charge is 2.17. The zero-order chi connectivity index (χ0) is 10.0. The van der Waals surface area contributed by atoms with E-state index in [9.17, 15) is 14.5 Å². The van der Waals surface area contributed by atoms with E-state index >= 15 is 0 Å². The molecule has 6 heteroatoms. The Morgan fingerprint density at radius 3 is 2.69 bits per heavy atom. The maximum Gasteiger partial charge on any atom is 0.313 e. The van der Waals surface area contributed by atoms with Crippen LogP contribution in [0.2, 0.25) is 0 Å². The van der Waals surface area contributed by atoms with Crippen molar-refractivity contribution in [2.45, 2.75) is 0 Å². The van der Waals surface area contributed by atoms with Crippen molar-refractivity contribution in [3.63, 3.8) is 0 Å². The summed E-state index contributed by atoms with van der Waals surface area (Å²) in [5.41, 5.74) is 4.53. The van der Waals surface area contributed by atoms with E-state index in [1.807, 2.05) is 0 Å². The van der Waals surface area contributed by atoms with Gasteiger partial charge in [0.2, 0.25) is 0 Å². The quantitative estimate of drug-likeness (QED) is 0.429. The molecule has 13 heavy (non-hydrogen) atoms. The van der Waals surface area contributed by atoms with Crippen LogP contribution in [0, 0.1) is 15.9 Å². The number of nitrogen functional groups attached to an aromatic ring is 1. The average molecular weight is 186 g/mol. The summed E-state index contributed by atoms with van der Waals surface area (Å²) in [4.78, 5) is 9.71. The molecular weight excluding hydrogens is 179 g/mol. The maximum atomic E-state index is 12.8. The van der Waals surface area contributed by atoms with Gasteiger partial charge in [-0.05, 0) is 0 Å². The van der Waals surface area contributed by atoms with Gasteiger partial charge >= 0.3 is 5.69 Å². The fraction of sp³-hybridized carbons (Fsp3) is 0.143. The number of nitro groups is 1. The zero-order valence-corrected chi connectivity index (χ0v) is 6.78. The van der Waals surface area contributed by atoms with Crippen molar-refractivity contribution in [3.8, 4) is 5.75 Å². The number of methoxy groups -OCH3 is 1. The molecule has 0 fully saturated rings. The fourth-order valence-corrected chi connectivity index (χ4v) is 0.866. The van der Waals surface area contributed by atoms with Gasteiger partial charge in [0.1, 0.15) is 5.82 Å². The molecule has 1 aromatic carbocycles. The lowest BCUT2D eigenvalue weighted by atomic mass is 10.2. The van der Waals surface area contributed by atoms with E-state index in [4.69, 9.17) is 5.73 Å². The number of ether oxygens (including phenoxy) is 1. The van der Waals surface area contributed by atoms with E-state index < -0.39 is 10.7 Å². The molecule has 0 aliphatic heterocycles. The van der Waals surface area contributed by atoms with Gasteiger partial charge in [0.05, 0.1) is 17.7 Å². The van der Waals surface area contributed by atoms with Gasteiger partial charge in [-0.15, -0.1) is 0 Å². The molecule has 0 saturated heterocycles. The first kappa shape index (κ1) is 9.24. The van der Waals surface area contributed by atoms with Crippen LogP contribution in [0.3, 0.4) is 0 Å². The van der Waals surface area contributed by atoms with Gasteiger partial charge < -0.3 is 10.5 Å². The van der Waals surface area contributed by atoms with Gasteiger partial charge in [-0.25, -0.2) is 4.39 Å². The molecule has 70 valence electrons. The van der Waals surface area contributed by atoms with Crippen LogP contribution in [0.25, 0.3) is 0 Å². The standard InChI is InChI=1S/C7H7FN2O3/c1-13-7-2-4(8)5(9)3-6(7)10(11)12/h2-3H,9H2,1H3. The number of anilines is 1. The monoisotopic (exact) mass is 186 g/mol. The van der Waals surface area contributed by atoms with Crippen LogP contribution < -0.4 is 10.5 Å². The van der Waals surface area contributed by atoms with Crippen molar-refractivity contribution in [3.05, 3.63) is 28.1 Å². The summed E-state index contributed by atoms with van der Waals surface area (Å²) >= 11 is 0. The Morgan fingerprint density at radius 2 is 2.23 bits per heavy atom. The van der Waals surface area contributed by atoms with E-state index in [1.54, 1.807) is 0 Å². The van der Waals surface area contributed by atoms with Crippen LogP contribution in [-0.2, 0) is 0 Å². The molecule has 0 unspecified atom stereocenters. The minimum Gasteiger partial charge on any atom is -0.490 e. The van der Waals surface area contributed by atoms with Crippen LogP contribution in [0.15, 0.2) is 12.1 Å². The highest BCUT2D eigenvalue weighted by molar-refractivity contribution is 5.57. The Bertz CT molecular complexity index is 354. The summed E-state index contributed by atoms with van der Waals surface area (Å²) in [6, 6.07) is 1.81. The van der Waals surface area contributed by atoms with E-state index in [-0.39, 0.29) is 17.1 Å². The SMILES string of the molecule is COc1cc(F)c(N)cc1[N+](=O)[O-]. The van der Waals surface area contributed by atoms with Gasteiger partial charge in [-0.1, -0.05) is 0 Å². The van der Waals surface area contributed by atoms with Gasteiger partial charge in [-0.3, -0.25) is 10.1 Å². The Kier molecular flexibility index (Phi) is 2.32. The highest BCUT2D eigenvalue weighted by Crippen LogP contribution is 2.30. The molecule has 0 heterocycles. The summed E-state index contributed by atoms with van der Waals surface area (Å²) < 4.78 is 17.4. The van der Waals surface area contributed by atoms with Crippen LogP contribution in [0.4, 0.5) is 15.8 Å². The lowest BCUT2D eigenvalue weighted by molar-refractivity contribution is -0.385. The summed E-state index contributed by atoms with van der Waals surface area (Å²) in [5.74, 6) is -0.876. The van der Waals surface area contributed by atoms with Crippen LogP contribution in [0.1, 0.15) is 0 Å². The molecule has 0 aromatic heterocycles. The summed E-state index contributed by atoms with van der Waals surface area (Å²) in [6.45, 7) is 0. The molecule has 0 amide bonds. The second-order valence-electron chi connectivity index (χ2n) is 2.30. The Labute approximate surface area is 73.1 Å². The molecule has 1 aromatic rings. The van der Waals surface area contributed by atoms with E-state index in [1.165, 1.54) is 7.11 Å². The van der Waals surface area contributed by atoms with Crippen molar-refractivity contribution in [2.24, 2.45) is 0 Å². The topological polar surface area (TPSA) is 78.4 Å². The van der Waals surface area contributed by atoms with E-state index in [2.05, 4.69) is 4.74 Å². The number of benzene rings is 1. The van der Waals surface area contributed by atoms with Crippen LogP contribution >= 0.6 is 0 Å². The van der Waals surface area contributed by atoms with Crippen molar-refractivity contribution >= 4 is 11.4 Å². The van der Waals surface area contributed by atoms with Crippen LogP contribution in [-0.4, -0.2) is 12.0 Å². The average Bonchev–Trinajstić information content (AvgIpc) is 2.08. The van der Waals surface area contributed by atoms with Gasteiger partial charge in [0.25, 0.3) is 0 Å². The second kappa shape index (κ2) is 3.26. The molecular formula is C7H7FN2O3. The molecule has 5 nitrogen and oxygen atoms in total. The molecule has 0 aliphatic rings. The van der Waals surface area contributed by atoms with Crippen molar-refractivity contribution in [2.75, 3.05) is 12.8 Å². The van der Waals surface area contributed by atoms with E-state index in [0.717, 1.165) is 12.1 Å². The molecule has 0 atom stereocenters. The first-order valence-corrected chi connectivity index (χ1v) is 3.33. The van der Waals surface area contributed by atoms with Gasteiger partial charge in [0, 0.05) is 12.1 Å². The van der Waals surface area contributed by atoms with E-state index in [0.29, 0.717) is 0 Å². The molecule has 0 aliphatic carbocycles. The normalized spacial score (nSPS) is 9.69. The molecule has 0 spiro atoms. The number of hydrogen-bond donors (Lipinski definition) is 1. The predicted molar refractivity (Wildman–Crippen MR) is 44.0 cm³/mol. The minimum absolute atomic E-state index is 0.142. The number of nitrogens with zero attached hydrogens (tertiary/aromatic N) is 1. The smallest absolute Gasteiger partial charge is 0.313 e. The fourth-order valence-electron chi connectivity index (χ4n) is 0.866. The van der Waals surface area contributed by atoms with Crippen molar-refractivity contribution in [1.82, 2.24) is 0 Å². The Hall–Kier alpha value is -1.85. The van der Waals surface area contributed by atoms with Gasteiger partial charge in [-0.2, -0.15) is 0 Å². The third-order valence-corrected chi connectivity index (χ3v) is 1.49. The predicted octanol–water partition coefficient (Wildman–Crippen LogP) is 1.32. The molecule has 1 rings (SSSR count). The lowest BCUT2D eigenvalue weighted by Gasteiger charge is -2.02. The maximum absolute atomic E-state index is 12.8. The Morgan fingerprint density at radius 1 is 1.62 bits per heavy atom. The minimum atomic E-state index is -0.734. The third kappa shape index (κ3) is 1.66. The number of nitro benzene ring substituents is 1. The summed E-state index contributed by atoms with van der Waals surface area (Å²) in [5, 5.41) is 10.4.